The number of nitrogens with zero attached hydrogens (tertiary/aromatic N) is 2. The van der Waals surface area contributed by atoms with E-state index in [1.807, 2.05) is 0 Å². The second kappa shape index (κ2) is 9.28. The van der Waals surface area contributed by atoms with Gasteiger partial charge in [-0.2, -0.15) is 8.78 Å². The van der Waals surface area contributed by atoms with Gasteiger partial charge in [0.25, 0.3) is 17.1 Å². The third-order valence-electron chi connectivity index (χ3n) is 3.84. The van der Waals surface area contributed by atoms with E-state index in [1.165, 1.54) is 42.7 Å². The molecule has 0 saturated carbocycles. The molecule has 1 saturated heterocycles. The van der Waals surface area contributed by atoms with Crippen LogP contribution in [0.2, 0.25) is 0 Å². The van der Waals surface area contributed by atoms with Crippen molar-refractivity contribution in [3.63, 3.8) is 0 Å². The smallest absolute Gasteiger partial charge is 0.387 e. The molecule has 10 heteroatoms. The maximum Gasteiger partial charge on any atom is 0.387 e. The van der Waals surface area contributed by atoms with Crippen LogP contribution in [0.25, 0.3) is 6.08 Å². The van der Waals surface area contributed by atoms with Crippen LogP contribution >= 0.6 is 11.8 Å². The first-order valence-corrected chi connectivity index (χ1v) is 9.24. The van der Waals surface area contributed by atoms with Gasteiger partial charge in [0.2, 0.25) is 0 Å². The monoisotopic (exact) mass is 419 g/mol. The van der Waals surface area contributed by atoms with Crippen molar-refractivity contribution in [1.29, 1.82) is 0 Å². The fourth-order valence-electron chi connectivity index (χ4n) is 2.48. The van der Waals surface area contributed by atoms with E-state index in [2.05, 4.69) is 15.0 Å². The number of alkyl halides is 2. The number of ether oxygens (including phenoxy) is 1. The van der Waals surface area contributed by atoms with E-state index >= 15 is 0 Å². The van der Waals surface area contributed by atoms with Crippen LogP contribution in [0.5, 0.6) is 5.75 Å². The highest BCUT2D eigenvalue weighted by atomic mass is 32.2. The van der Waals surface area contributed by atoms with Crippen molar-refractivity contribution in [2.45, 2.75) is 6.61 Å². The summed E-state index contributed by atoms with van der Waals surface area (Å²) in [5.41, 5.74) is 0.983. The van der Waals surface area contributed by atoms with Gasteiger partial charge >= 0.3 is 6.61 Å². The van der Waals surface area contributed by atoms with Gasteiger partial charge in [-0.25, -0.2) is 0 Å². The summed E-state index contributed by atoms with van der Waals surface area (Å²) in [5.74, 6) is -0.817. The van der Waals surface area contributed by atoms with Gasteiger partial charge in [-0.3, -0.25) is 24.3 Å². The first-order chi connectivity index (χ1) is 13.9. The summed E-state index contributed by atoms with van der Waals surface area (Å²) in [6, 6.07) is 8.79. The van der Waals surface area contributed by atoms with Crippen molar-refractivity contribution in [2.75, 3.05) is 13.1 Å². The molecule has 0 unspecified atom stereocenters. The zero-order valence-corrected chi connectivity index (χ0v) is 15.7. The number of hydrogen-bond acceptors (Lipinski definition) is 6. The van der Waals surface area contributed by atoms with Crippen LogP contribution < -0.4 is 10.1 Å². The Balaban J connectivity index is 1.57. The number of carbonyl (C=O) groups is 3. The normalized spacial score (nSPS) is 15.3. The van der Waals surface area contributed by atoms with Crippen molar-refractivity contribution < 1.29 is 27.9 Å². The molecule has 3 amide bonds. The van der Waals surface area contributed by atoms with Gasteiger partial charge in [-0.1, -0.05) is 12.1 Å². The Morgan fingerprint density at radius 2 is 1.86 bits per heavy atom. The number of thioether (sulfide) groups is 1. The van der Waals surface area contributed by atoms with Crippen LogP contribution in [0.1, 0.15) is 15.9 Å². The van der Waals surface area contributed by atoms with Gasteiger partial charge in [-0.05, 0) is 47.7 Å². The predicted octanol–water partition coefficient (Wildman–Crippen LogP) is 3.15. The molecule has 1 fully saturated rings. The number of carbonyl (C=O) groups excluding carboxylic acids is 3. The summed E-state index contributed by atoms with van der Waals surface area (Å²) in [5, 5.41) is 2.19. The maximum atomic E-state index is 12.4. The van der Waals surface area contributed by atoms with Crippen molar-refractivity contribution in [2.24, 2.45) is 0 Å². The Labute approximate surface area is 168 Å². The topological polar surface area (TPSA) is 88.6 Å². The van der Waals surface area contributed by atoms with E-state index in [9.17, 15) is 23.2 Å². The second-order valence-corrected chi connectivity index (χ2v) is 6.77. The lowest BCUT2D eigenvalue weighted by molar-refractivity contribution is -0.122. The number of benzene rings is 1. The molecule has 150 valence electrons. The number of nitrogens with one attached hydrogen (secondary N) is 1. The molecular formula is C19H15F2N3O4S. The average Bonchev–Trinajstić information content (AvgIpc) is 2.97. The SMILES string of the molecule is O=C(NCCN1C(=O)S/C(=C\c2ccc(OC(F)F)cc2)C1=O)c1ccncc1. The number of halogens is 2. The summed E-state index contributed by atoms with van der Waals surface area (Å²) < 4.78 is 28.6. The molecular weight excluding hydrogens is 404 g/mol. The van der Waals surface area contributed by atoms with Crippen LogP contribution in [0, 0.1) is 0 Å². The van der Waals surface area contributed by atoms with Crippen LogP contribution in [-0.2, 0) is 4.79 Å². The first kappa shape index (κ1) is 20.5. The van der Waals surface area contributed by atoms with Gasteiger partial charge in [0.1, 0.15) is 5.75 Å². The minimum atomic E-state index is -2.92. The molecule has 1 aliphatic rings. The molecule has 1 aliphatic heterocycles. The van der Waals surface area contributed by atoms with E-state index < -0.39 is 17.8 Å². The van der Waals surface area contributed by atoms with Crippen molar-refractivity contribution in [3.8, 4) is 5.75 Å². The summed E-state index contributed by atoms with van der Waals surface area (Å²) >= 11 is 0.773. The standard InChI is InChI=1S/C19H15F2N3O4S/c20-18(21)28-14-3-1-12(2-4-14)11-15-17(26)24(19(27)29-15)10-9-23-16(25)13-5-7-22-8-6-13/h1-8,11,18H,9-10H2,(H,23,25)/b15-11-. The summed E-state index contributed by atoms with van der Waals surface area (Å²) in [7, 11) is 0. The summed E-state index contributed by atoms with van der Waals surface area (Å²) in [4.78, 5) is 41.6. The highest BCUT2D eigenvalue weighted by Gasteiger charge is 2.34. The van der Waals surface area contributed by atoms with Gasteiger partial charge in [0.05, 0.1) is 4.91 Å². The van der Waals surface area contributed by atoms with Crippen molar-refractivity contribution in [3.05, 3.63) is 64.8 Å². The van der Waals surface area contributed by atoms with E-state index in [-0.39, 0.29) is 29.7 Å². The van der Waals surface area contributed by atoms with Crippen LogP contribution in [0.3, 0.4) is 0 Å². The lowest BCUT2D eigenvalue weighted by atomic mass is 10.2. The molecule has 2 heterocycles. The van der Waals surface area contributed by atoms with Gasteiger partial charge in [-0.15, -0.1) is 0 Å². The number of pyridine rings is 1. The van der Waals surface area contributed by atoms with Crippen LogP contribution in [-0.4, -0.2) is 46.6 Å². The quantitative estimate of drug-likeness (QED) is 0.694. The van der Waals surface area contributed by atoms with E-state index in [0.29, 0.717) is 11.1 Å². The Kier molecular flexibility index (Phi) is 6.55. The molecule has 2 aromatic rings. The number of imide groups is 1. The fourth-order valence-corrected chi connectivity index (χ4v) is 3.34. The first-order valence-electron chi connectivity index (χ1n) is 8.42. The maximum absolute atomic E-state index is 12.4. The number of aromatic nitrogens is 1. The Morgan fingerprint density at radius 1 is 1.17 bits per heavy atom. The Morgan fingerprint density at radius 3 is 2.52 bits per heavy atom. The fraction of sp³-hybridized carbons (Fsp3) is 0.158. The Hall–Kier alpha value is -3.27. The van der Waals surface area contributed by atoms with Crippen molar-refractivity contribution >= 4 is 34.9 Å². The summed E-state index contributed by atoms with van der Waals surface area (Å²) in [6.07, 6.45) is 4.47. The van der Waals surface area contributed by atoms with E-state index in [0.717, 1.165) is 16.7 Å². The number of rotatable bonds is 7. The predicted molar refractivity (Wildman–Crippen MR) is 102 cm³/mol. The molecule has 0 spiro atoms. The Bertz CT molecular complexity index is 936. The van der Waals surface area contributed by atoms with Crippen molar-refractivity contribution in [1.82, 2.24) is 15.2 Å². The lowest BCUT2D eigenvalue weighted by Gasteiger charge is -2.13. The largest absolute Gasteiger partial charge is 0.435 e. The zero-order valence-electron chi connectivity index (χ0n) is 14.9. The van der Waals surface area contributed by atoms with Gasteiger partial charge in [0.15, 0.2) is 0 Å². The molecule has 1 aromatic heterocycles. The minimum absolute atomic E-state index is 0.00445. The molecule has 1 aromatic carbocycles. The number of amides is 3. The molecule has 0 aliphatic carbocycles. The molecule has 29 heavy (non-hydrogen) atoms. The molecule has 0 bridgehead atoms. The van der Waals surface area contributed by atoms with Gasteiger partial charge in [0, 0.05) is 31.0 Å². The van der Waals surface area contributed by atoms with Crippen LogP contribution in [0.4, 0.5) is 13.6 Å². The molecule has 7 nitrogen and oxygen atoms in total. The minimum Gasteiger partial charge on any atom is -0.435 e. The number of hydrogen-bond donors (Lipinski definition) is 1. The zero-order chi connectivity index (χ0) is 20.8. The molecule has 0 atom stereocenters. The van der Waals surface area contributed by atoms with Gasteiger partial charge < -0.3 is 10.1 Å². The highest BCUT2D eigenvalue weighted by Crippen LogP contribution is 2.32. The molecule has 1 N–H and O–H groups in total. The lowest BCUT2D eigenvalue weighted by Crippen LogP contribution is -2.37. The highest BCUT2D eigenvalue weighted by molar-refractivity contribution is 8.18. The summed E-state index contributed by atoms with van der Waals surface area (Å²) in [6.45, 7) is -2.79. The second-order valence-electron chi connectivity index (χ2n) is 5.77. The van der Waals surface area contributed by atoms with E-state index in [1.54, 1.807) is 12.1 Å². The van der Waals surface area contributed by atoms with E-state index in [4.69, 9.17) is 0 Å². The average molecular weight is 419 g/mol. The third kappa shape index (κ3) is 5.38. The molecule has 0 radical (unpaired) electrons. The van der Waals surface area contributed by atoms with Crippen LogP contribution in [0.15, 0.2) is 53.7 Å². The third-order valence-corrected chi connectivity index (χ3v) is 4.75. The molecule has 3 rings (SSSR count).